The minimum Gasteiger partial charge on any atom is -0.315 e. The van der Waals surface area contributed by atoms with Gasteiger partial charge in [0, 0.05) is 12.7 Å². The van der Waals surface area contributed by atoms with Crippen molar-refractivity contribution in [2.45, 2.75) is 13.5 Å². The van der Waals surface area contributed by atoms with Crippen molar-refractivity contribution in [3.63, 3.8) is 0 Å². The van der Waals surface area contributed by atoms with Crippen molar-refractivity contribution in [3.05, 3.63) is 33.5 Å². The molecule has 2 aromatic rings. The van der Waals surface area contributed by atoms with Crippen LogP contribution in [0.4, 0.5) is 0 Å². The highest BCUT2D eigenvalue weighted by Gasteiger charge is 2.07. The maximum absolute atomic E-state index is 11.9. The number of hydrogen-bond acceptors (Lipinski definition) is 3. The molecule has 0 unspecified atom stereocenters. The average Bonchev–Trinajstić information content (AvgIpc) is 2.65. The van der Waals surface area contributed by atoms with E-state index >= 15 is 0 Å². The van der Waals surface area contributed by atoms with Crippen LogP contribution in [0, 0.1) is 4.77 Å². The number of nitrogens with one attached hydrogen (secondary N) is 2. The molecule has 0 saturated carbocycles. The molecule has 5 nitrogen and oxygen atoms in total. The van der Waals surface area contributed by atoms with E-state index in [2.05, 4.69) is 15.2 Å². The van der Waals surface area contributed by atoms with Crippen molar-refractivity contribution in [1.29, 1.82) is 0 Å². The lowest BCUT2D eigenvalue weighted by Crippen LogP contribution is -2.20. The number of hydrogen-bond donors (Lipinski definition) is 2. The predicted octanol–water partition coefficient (Wildman–Crippen LogP) is 1.32. The van der Waals surface area contributed by atoms with Crippen molar-refractivity contribution >= 4 is 12.2 Å². The Bertz CT molecular complexity index is 580. The van der Waals surface area contributed by atoms with Gasteiger partial charge in [-0.15, -0.1) is 0 Å². The van der Waals surface area contributed by atoms with Gasteiger partial charge in [0.2, 0.25) is 4.77 Å². The molecule has 6 heteroatoms. The van der Waals surface area contributed by atoms with E-state index in [1.54, 1.807) is 16.8 Å². The fourth-order valence-electron chi connectivity index (χ4n) is 1.36. The van der Waals surface area contributed by atoms with Crippen LogP contribution in [-0.2, 0) is 6.54 Å². The number of aromatic nitrogens is 4. The number of pyridine rings is 1. The van der Waals surface area contributed by atoms with Gasteiger partial charge in [-0.1, -0.05) is 0 Å². The van der Waals surface area contributed by atoms with Crippen LogP contribution in [0.1, 0.15) is 6.92 Å². The van der Waals surface area contributed by atoms with Crippen LogP contribution in [0.25, 0.3) is 11.4 Å². The molecule has 2 aromatic heterocycles. The van der Waals surface area contributed by atoms with E-state index in [0.29, 0.717) is 22.7 Å². The summed E-state index contributed by atoms with van der Waals surface area (Å²) < 4.78 is 1.96. The summed E-state index contributed by atoms with van der Waals surface area (Å²) in [5, 5.41) is 5.42. The van der Waals surface area contributed by atoms with E-state index in [4.69, 9.17) is 12.2 Å². The SMILES string of the molecule is CCn1cccc(-c2nc(=S)[nH][nH]2)c1=O. The summed E-state index contributed by atoms with van der Waals surface area (Å²) in [6, 6.07) is 3.53. The quantitative estimate of drug-likeness (QED) is 0.753. The maximum Gasteiger partial charge on any atom is 0.261 e. The summed E-state index contributed by atoms with van der Waals surface area (Å²) in [4.78, 5) is 15.9. The molecular weight excluding hydrogens is 212 g/mol. The van der Waals surface area contributed by atoms with Gasteiger partial charge in [0.25, 0.3) is 5.56 Å². The van der Waals surface area contributed by atoms with Crippen molar-refractivity contribution in [3.8, 4) is 11.4 Å². The predicted molar refractivity (Wildman–Crippen MR) is 59.1 cm³/mol. The lowest BCUT2D eigenvalue weighted by atomic mass is 10.2. The molecule has 0 aliphatic carbocycles. The van der Waals surface area contributed by atoms with Crippen molar-refractivity contribution in [2.75, 3.05) is 0 Å². The van der Waals surface area contributed by atoms with Gasteiger partial charge in [-0.2, -0.15) is 4.98 Å². The smallest absolute Gasteiger partial charge is 0.261 e. The van der Waals surface area contributed by atoms with Crippen molar-refractivity contribution in [1.82, 2.24) is 19.7 Å². The van der Waals surface area contributed by atoms with Gasteiger partial charge in [-0.05, 0) is 31.3 Å². The summed E-state index contributed by atoms with van der Waals surface area (Å²) in [6.45, 7) is 2.55. The summed E-state index contributed by atoms with van der Waals surface area (Å²) >= 11 is 4.83. The Morgan fingerprint density at radius 1 is 1.53 bits per heavy atom. The topological polar surface area (TPSA) is 66.5 Å². The zero-order valence-corrected chi connectivity index (χ0v) is 8.97. The molecule has 78 valence electrons. The molecule has 0 fully saturated rings. The van der Waals surface area contributed by atoms with E-state index in [-0.39, 0.29) is 5.56 Å². The molecule has 15 heavy (non-hydrogen) atoms. The van der Waals surface area contributed by atoms with E-state index in [1.165, 1.54) is 0 Å². The Labute approximate surface area is 90.8 Å². The second-order valence-corrected chi connectivity index (χ2v) is 3.42. The molecule has 2 rings (SSSR count). The minimum absolute atomic E-state index is 0.0715. The van der Waals surface area contributed by atoms with E-state index in [9.17, 15) is 4.79 Å². The summed E-state index contributed by atoms with van der Waals surface area (Å²) in [7, 11) is 0. The third-order valence-electron chi connectivity index (χ3n) is 2.12. The van der Waals surface area contributed by atoms with Crippen LogP contribution >= 0.6 is 12.2 Å². The van der Waals surface area contributed by atoms with Crippen LogP contribution in [-0.4, -0.2) is 19.7 Å². The fourth-order valence-corrected chi connectivity index (χ4v) is 1.51. The number of aromatic amines is 2. The standard InChI is InChI=1S/C9H10N4OS/c1-2-13-5-3-4-6(8(13)14)7-10-9(15)12-11-7/h3-5H,2H2,1H3,(H2,10,11,12,15). The van der Waals surface area contributed by atoms with E-state index in [1.807, 2.05) is 13.0 Å². The second-order valence-electron chi connectivity index (χ2n) is 3.03. The van der Waals surface area contributed by atoms with Crippen LogP contribution < -0.4 is 5.56 Å². The van der Waals surface area contributed by atoms with E-state index in [0.717, 1.165) is 0 Å². The van der Waals surface area contributed by atoms with Crippen LogP contribution in [0.15, 0.2) is 23.1 Å². The molecule has 0 bridgehead atoms. The Morgan fingerprint density at radius 3 is 2.93 bits per heavy atom. The number of aryl methyl sites for hydroxylation is 1. The molecule has 2 heterocycles. The summed E-state index contributed by atoms with van der Waals surface area (Å²) in [5.74, 6) is 0.479. The normalized spacial score (nSPS) is 10.5. The molecular formula is C9H10N4OS. The highest BCUT2D eigenvalue weighted by atomic mass is 32.1. The first-order valence-corrected chi connectivity index (χ1v) is 4.97. The average molecular weight is 222 g/mol. The van der Waals surface area contributed by atoms with Gasteiger partial charge in [-0.3, -0.25) is 15.0 Å². The number of nitrogens with zero attached hydrogens (tertiary/aromatic N) is 2. The van der Waals surface area contributed by atoms with Gasteiger partial charge in [-0.25, -0.2) is 0 Å². The van der Waals surface area contributed by atoms with Gasteiger partial charge in [0.1, 0.15) is 0 Å². The van der Waals surface area contributed by atoms with Crippen LogP contribution in [0.2, 0.25) is 0 Å². The van der Waals surface area contributed by atoms with Gasteiger partial charge < -0.3 is 4.57 Å². The maximum atomic E-state index is 11.9. The monoisotopic (exact) mass is 222 g/mol. The molecule has 0 atom stereocenters. The van der Waals surface area contributed by atoms with Crippen LogP contribution in [0.5, 0.6) is 0 Å². The minimum atomic E-state index is -0.0715. The van der Waals surface area contributed by atoms with E-state index < -0.39 is 0 Å². The Hall–Kier alpha value is -1.69. The van der Waals surface area contributed by atoms with Crippen LogP contribution in [0.3, 0.4) is 0 Å². The lowest BCUT2D eigenvalue weighted by molar-refractivity contribution is 0.728. The largest absolute Gasteiger partial charge is 0.315 e. The van der Waals surface area contributed by atoms with Gasteiger partial charge in [0.05, 0.1) is 5.56 Å². The fraction of sp³-hybridized carbons (Fsp3) is 0.222. The Kier molecular flexibility index (Phi) is 2.51. The molecule has 0 aromatic carbocycles. The first-order chi connectivity index (χ1) is 7.22. The van der Waals surface area contributed by atoms with Gasteiger partial charge >= 0.3 is 0 Å². The Balaban J connectivity index is 2.63. The third kappa shape index (κ3) is 1.75. The molecule has 0 spiro atoms. The molecule has 2 N–H and O–H groups in total. The molecule has 0 saturated heterocycles. The van der Waals surface area contributed by atoms with Gasteiger partial charge in [0.15, 0.2) is 5.82 Å². The second kappa shape index (κ2) is 3.82. The highest BCUT2D eigenvalue weighted by Crippen LogP contribution is 2.07. The molecule has 0 amide bonds. The highest BCUT2D eigenvalue weighted by molar-refractivity contribution is 7.71. The first-order valence-electron chi connectivity index (χ1n) is 4.57. The third-order valence-corrected chi connectivity index (χ3v) is 2.31. The zero-order chi connectivity index (χ0) is 10.8. The first kappa shape index (κ1) is 9.85. The molecule has 0 aliphatic rings. The Morgan fingerprint density at radius 2 is 2.33 bits per heavy atom. The number of H-pyrrole nitrogens is 2. The van der Waals surface area contributed by atoms with Crippen molar-refractivity contribution < 1.29 is 0 Å². The lowest BCUT2D eigenvalue weighted by Gasteiger charge is -2.02. The number of rotatable bonds is 2. The summed E-state index contributed by atoms with van der Waals surface area (Å²) in [6.07, 6.45) is 1.74. The molecule has 0 radical (unpaired) electrons. The summed E-state index contributed by atoms with van der Waals surface area (Å²) in [5.41, 5.74) is 0.449. The molecule has 0 aliphatic heterocycles. The van der Waals surface area contributed by atoms with Crippen molar-refractivity contribution in [2.24, 2.45) is 0 Å². The zero-order valence-electron chi connectivity index (χ0n) is 8.15.